The Morgan fingerprint density at radius 3 is 2.61 bits per heavy atom. The van der Waals surface area contributed by atoms with E-state index in [4.69, 9.17) is 9.47 Å². The minimum Gasteiger partial charge on any atom is -0.490 e. The first kappa shape index (κ1) is 23.8. The SMILES string of the molecule is CCOc1c(Br)c(-c2cccc(C(=O)O)c2)nn1CCOc1ccc2cc(Br)ccc2c1Br. The summed E-state index contributed by atoms with van der Waals surface area (Å²) in [6.07, 6.45) is 0. The van der Waals surface area contributed by atoms with Crippen molar-refractivity contribution in [2.75, 3.05) is 13.2 Å². The van der Waals surface area contributed by atoms with E-state index in [2.05, 4.69) is 59.0 Å². The summed E-state index contributed by atoms with van der Waals surface area (Å²) in [5, 5.41) is 16.1. The van der Waals surface area contributed by atoms with E-state index in [1.807, 2.05) is 37.3 Å². The molecule has 0 saturated heterocycles. The summed E-state index contributed by atoms with van der Waals surface area (Å²) in [7, 11) is 0. The van der Waals surface area contributed by atoms with Gasteiger partial charge < -0.3 is 14.6 Å². The van der Waals surface area contributed by atoms with Gasteiger partial charge in [-0.15, -0.1) is 0 Å². The number of nitrogens with zero attached hydrogens (tertiary/aromatic N) is 2. The van der Waals surface area contributed by atoms with Gasteiger partial charge in [0.1, 0.15) is 22.5 Å². The summed E-state index contributed by atoms with van der Waals surface area (Å²) in [6.45, 7) is 3.17. The molecule has 1 heterocycles. The molecule has 0 saturated carbocycles. The van der Waals surface area contributed by atoms with Gasteiger partial charge in [-0.1, -0.05) is 40.2 Å². The second-order valence-corrected chi connectivity index (χ2v) is 9.60. The maximum absolute atomic E-state index is 11.4. The summed E-state index contributed by atoms with van der Waals surface area (Å²) in [6, 6.07) is 16.7. The van der Waals surface area contributed by atoms with Crippen molar-refractivity contribution in [1.29, 1.82) is 0 Å². The second kappa shape index (κ2) is 10.3. The lowest BCUT2D eigenvalue weighted by Gasteiger charge is -2.12. The van der Waals surface area contributed by atoms with Gasteiger partial charge in [-0.25, -0.2) is 9.48 Å². The van der Waals surface area contributed by atoms with E-state index in [9.17, 15) is 9.90 Å². The molecule has 0 aliphatic heterocycles. The molecular weight excluding hydrogens is 620 g/mol. The van der Waals surface area contributed by atoms with Crippen LogP contribution in [-0.2, 0) is 6.54 Å². The normalized spacial score (nSPS) is 11.0. The highest BCUT2D eigenvalue weighted by atomic mass is 79.9. The van der Waals surface area contributed by atoms with Crippen molar-refractivity contribution >= 4 is 64.5 Å². The number of carboxylic acids is 1. The first-order valence-electron chi connectivity index (χ1n) is 10.1. The van der Waals surface area contributed by atoms with Crippen LogP contribution in [-0.4, -0.2) is 34.1 Å². The van der Waals surface area contributed by atoms with Crippen LogP contribution >= 0.6 is 47.8 Å². The number of rotatable bonds is 8. The lowest BCUT2D eigenvalue weighted by atomic mass is 10.1. The number of benzene rings is 3. The van der Waals surface area contributed by atoms with Crippen LogP contribution in [0.5, 0.6) is 11.6 Å². The Balaban J connectivity index is 1.57. The number of aromatic carboxylic acids is 1. The van der Waals surface area contributed by atoms with Gasteiger partial charge >= 0.3 is 5.97 Å². The molecule has 0 atom stereocenters. The van der Waals surface area contributed by atoms with Crippen molar-refractivity contribution in [3.05, 3.63) is 73.6 Å². The Morgan fingerprint density at radius 1 is 1.03 bits per heavy atom. The molecule has 170 valence electrons. The zero-order valence-corrected chi connectivity index (χ0v) is 22.3. The van der Waals surface area contributed by atoms with Gasteiger partial charge in [-0.3, -0.25) is 0 Å². The topological polar surface area (TPSA) is 73.6 Å². The van der Waals surface area contributed by atoms with Crippen molar-refractivity contribution in [1.82, 2.24) is 9.78 Å². The van der Waals surface area contributed by atoms with Gasteiger partial charge in [-0.05, 0) is 79.9 Å². The molecule has 0 fully saturated rings. The molecule has 4 rings (SSSR count). The summed E-state index contributed by atoms with van der Waals surface area (Å²) >= 11 is 10.7. The molecule has 0 bridgehead atoms. The molecule has 6 nitrogen and oxygen atoms in total. The highest BCUT2D eigenvalue weighted by Crippen LogP contribution is 2.37. The molecule has 0 amide bonds. The zero-order valence-electron chi connectivity index (χ0n) is 17.5. The number of carbonyl (C=O) groups is 1. The third-order valence-corrected chi connectivity index (χ3v) is 6.98. The van der Waals surface area contributed by atoms with Gasteiger partial charge in [0, 0.05) is 10.0 Å². The van der Waals surface area contributed by atoms with Crippen molar-refractivity contribution in [2.24, 2.45) is 0 Å². The lowest BCUT2D eigenvalue weighted by molar-refractivity contribution is 0.0697. The highest BCUT2D eigenvalue weighted by molar-refractivity contribution is 9.11. The van der Waals surface area contributed by atoms with Crippen molar-refractivity contribution < 1.29 is 19.4 Å². The minimum absolute atomic E-state index is 0.198. The first-order valence-corrected chi connectivity index (χ1v) is 12.5. The molecule has 0 spiro atoms. The molecular formula is C24H19Br3N2O4. The molecule has 33 heavy (non-hydrogen) atoms. The van der Waals surface area contributed by atoms with Crippen LogP contribution in [0.4, 0.5) is 0 Å². The Labute approximate surface area is 215 Å². The lowest BCUT2D eigenvalue weighted by Crippen LogP contribution is -2.12. The van der Waals surface area contributed by atoms with Crippen LogP contribution in [0.25, 0.3) is 22.0 Å². The van der Waals surface area contributed by atoms with E-state index in [-0.39, 0.29) is 5.56 Å². The van der Waals surface area contributed by atoms with Gasteiger partial charge in [0.15, 0.2) is 0 Å². The van der Waals surface area contributed by atoms with Crippen LogP contribution in [0.15, 0.2) is 68.0 Å². The van der Waals surface area contributed by atoms with Crippen molar-refractivity contribution in [3.63, 3.8) is 0 Å². The van der Waals surface area contributed by atoms with Crippen LogP contribution in [0.3, 0.4) is 0 Å². The quantitative estimate of drug-likeness (QED) is 0.222. The molecule has 1 N–H and O–H groups in total. The first-order chi connectivity index (χ1) is 15.9. The summed E-state index contributed by atoms with van der Waals surface area (Å²) in [4.78, 5) is 11.4. The van der Waals surface area contributed by atoms with Gasteiger partial charge in [0.25, 0.3) is 0 Å². The van der Waals surface area contributed by atoms with Gasteiger partial charge in [-0.2, -0.15) is 5.10 Å². The van der Waals surface area contributed by atoms with Crippen molar-refractivity contribution in [3.8, 4) is 22.9 Å². The number of hydrogen-bond donors (Lipinski definition) is 1. The molecule has 0 radical (unpaired) electrons. The van der Waals surface area contributed by atoms with E-state index < -0.39 is 5.97 Å². The van der Waals surface area contributed by atoms with Crippen LogP contribution < -0.4 is 9.47 Å². The Kier molecular flexibility index (Phi) is 7.41. The number of hydrogen-bond acceptors (Lipinski definition) is 4. The smallest absolute Gasteiger partial charge is 0.335 e. The Hall–Kier alpha value is -2.36. The predicted molar refractivity (Wildman–Crippen MR) is 138 cm³/mol. The maximum atomic E-state index is 11.4. The fourth-order valence-corrected chi connectivity index (χ4v) is 5.04. The van der Waals surface area contributed by atoms with Crippen LogP contribution in [0, 0.1) is 0 Å². The van der Waals surface area contributed by atoms with Gasteiger partial charge in [0.05, 0.1) is 23.2 Å². The summed E-state index contributed by atoms with van der Waals surface area (Å²) in [5.41, 5.74) is 1.49. The number of carboxylic acid groups (broad SMARTS) is 1. The van der Waals surface area contributed by atoms with E-state index in [1.54, 1.807) is 22.9 Å². The Bertz CT molecular complexity index is 1340. The molecule has 0 aliphatic carbocycles. The Morgan fingerprint density at radius 2 is 1.85 bits per heavy atom. The number of halogens is 3. The number of fused-ring (bicyclic) bond motifs is 1. The average Bonchev–Trinajstić information content (AvgIpc) is 3.11. The molecule has 3 aromatic carbocycles. The molecule has 9 heteroatoms. The fraction of sp³-hybridized carbons (Fsp3) is 0.167. The summed E-state index contributed by atoms with van der Waals surface area (Å²) < 4.78 is 16.2. The molecule has 1 aromatic heterocycles. The highest BCUT2D eigenvalue weighted by Gasteiger charge is 2.19. The van der Waals surface area contributed by atoms with E-state index in [1.165, 1.54) is 0 Å². The van der Waals surface area contributed by atoms with Gasteiger partial charge in [0.2, 0.25) is 5.88 Å². The predicted octanol–water partition coefficient (Wildman–Crippen LogP) is 7.17. The molecule has 0 unspecified atom stereocenters. The molecule has 0 aliphatic rings. The number of ether oxygens (including phenoxy) is 2. The largest absolute Gasteiger partial charge is 0.490 e. The monoisotopic (exact) mass is 636 g/mol. The van der Waals surface area contributed by atoms with Crippen LogP contribution in [0.1, 0.15) is 17.3 Å². The van der Waals surface area contributed by atoms with E-state index in [0.717, 1.165) is 25.5 Å². The maximum Gasteiger partial charge on any atom is 0.335 e. The fourth-order valence-electron chi connectivity index (χ4n) is 3.43. The minimum atomic E-state index is -0.987. The van der Waals surface area contributed by atoms with Crippen molar-refractivity contribution in [2.45, 2.75) is 13.5 Å². The van der Waals surface area contributed by atoms with E-state index >= 15 is 0 Å². The van der Waals surface area contributed by atoms with Crippen LogP contribution in [0.2, 0.25) is 0 Å². The standard InChI is InChI=1S/C24H19Br3N2O4/c1-2-32-23-21(27)22(15-4-3-5-16(12-15)24(30)31)28-29(23)10-11-33-19-9-6-14-13-17(25)7-8-18(14)20(19)26/h3-9,12-13H,2,10-11H2,1H3,(H,30,31). The second-order valence-electron chi connectivity index (χ2n) is 7.10. The number of aromatic nitrogens is 2. The third kappa shape index (κ3) is 5.10. The zero-order chi connectivity index (χ0) is 23.5. The average molecular weight is 639 g/mol. The molecule has 4 aromatic rings. The van der Waals surface area contributed by atoms with E-state index in [0.29, 0.717) is 41.4 Å². The third-order valence-electron chi connectivity index (χ3n) is 4.96. The summed E-state index contributed by atoms with van der Waals surface area (Å²) in [5.74, 6) is 0.321.